The van der Waals surface area contributed by atoms with Gasteiger partial charge in [0.2, 0.25) is 0 Å². The summed E-state index contributed by atoms with van der Waals surface area (Å²) in [5.41, 5.74) is 3.45. The molecule has 0 aromatic heterocycles. The Kier molecular flexibility index (Phi) is 3.64. The number of allylic oxidation sites excluding steroid dienone is 1. The molecule has 5 heteroatoms. The summed E-state index contributed by atoms with van der Waals surface area (Å²) in [4.78, 5) is 4.79. The van der Waals surface area contributed by atoms with Crippen molar-refractivity contribution < 1.29 is 4.74 Å². The van der Waals surface area contributed by atoms with Crippen LogP contribution in [-0.4, -0.2) is 16.5 Å². The Morgan fingerprint density at radius 2 is 2.38 bits per heavy atom. The van der Waals surface area contributed by atoms with Crippen molar-refractivity contribution in [3.8, 4) is 11.8 Å². The van der Waals surface area contributed by atoms with Crippen LogP contribution in [0.5, 0.6) is 5.75 Å². The molecule has 0 unspecified atom stereocenters. The van der Waals surface area contributed by atoms with Crippen LogP contribution in [0.1, 0.15) is 32.3 Å². The number of nitrogens with one attached hydrogen (secondary N) is 1. The Morgan fingerprint density at radius 3 is 3.10 bits per heavy atom. The van der Waals surface area contributed by atoms with Gasteiger partial charge in [0, 0.05) is 11.4 Å². The molecule has 1 aromatic rings. The fraction of sp³-hybridized carbons (Fsp3) is 0.375. The number of aliphatic imine (C=N–C) groups is 1. The fourth-order valence-electron chi connectivity index (χ4n) is 2.49. The molecule has 2 heterocycles. The summed E-state index contributed by atoms with van der Waals surface area (Å²) >= 11 is 1.71. The highest BCUT2D eigenvalue weighted by molar-refractivity contribution is 8.01. The van der Waals surface area contributed by atoms with Gasteiger partial charge < -0.3 is 10.1 Å². The molecule has 1 N–H and O–H groups in total. The monoisotopic (exact) mass is 299 g/mol. The van der Waals surface area contributed by atoms with Crippen LogP contribution < -0.4 is 10.1 Å². The zero-order valence-electron chi connectivity index (χ0n) is 12.1. The topological polar surface area (TPSA) is 57.4 Å². The van der Waals surface area contributed by atoms with Gasteiger partial charge in [0.15, 0.2) is 0 Å². The molecule has 21 heavy (non-hydrogen) atoms. The Bertz CT molecular complexity index is 675. The number of rotatable bonds is 2. The van der Waals surface area contributed by atoms with E-state index < -0.39 is 5.06 Å². The van der Waals surface area contributed by atoms with E-state index in [-0.39, 0.29) is 0 Å². The standard InChI is InChI=1S/C16H17N3OS/c1-3-4-15-16(19-11(2)7-8-21-16)20-14-6-5-12(10-17)9-13(14)18-15/h5-7,9,19H,3-4,8H2,1-2H3/t16-/m1/s1. The van der Waals surface area contributed by atoms with E-state index >= 15 is 0 Å². The first-order valence-electron chi connectivity index (χ1n) is 7.07. The van der Waals surface area contributed by atoms with Gasteiger partial charge in [-0.05, 0) is 31.5 Å². The van der Waals surface area contributed by atoms with Gasteiger partial charge in [-0.25, -0.2) is 4.99 Å². The largest absolute Gasteiger partial charge is 0.451 e. The van der Waals surface area contributed by atoms with E-state index in [2.05, 4.69) is 24.4 Å². The lowest BCUT2D eigenvalue weighted by Crippen LogP contribution is -2.55. The molecule has 0 radical (unpaired) electrons. The summed E-state index contributed by atoms with van der Waals surface area (Å²) < 4.78 is 6.27. The number of hydrogen-bond acceptors (Lipinski definition) is 5. The van der Waals surface area contributed by atoms with Crippen LogP contribution in [0, 0.1) is 11.3 Å². The van der Waals surface area contributed by atoms with Crippen LogP contribution in [0.3, 0.4) is 0 Å². The lowest BCUT2D eigenvalue weighted by molar-refractivity contribution is 0.200. The van der Waals surface area contributed by atoms with Crippen LogP contribution in [0.4, 0.5) is 5.69 Å². The lowest BCUT2D eigenvalue weighted by Gasteiger charge is -2.41. The van der Waals surface area contributed by atoms with E-state index in [4.69, 9.17) is 15.0 Å². The second-order valence-corrected chi connectivity index (χ2v) is 6.34. The van der Waals surface area contributed by atoms with Gasteiger partial charge in [0.1, 0.15) is 11.4 Å². The SMILES string of the molecule is CCCC1=Nc2cc(C#N)ccc2O[C@]12NC(C)=CCS2. The molecule has 2 aliphatic rings. The molecular weight excluding hydrogens is 282 g/mol. The second-order valence-electron chi connectivity index (χ2n) is 5.14. The fourth-order valence-corrected chi connectivity index (χ4v) is 3.76. The van der Waals surface area contributed by atoms with Gasteiger partial charge in [-0.1, -0.05) is 31.2 Å². The molecule has 3 rings (SSSR count). The quantitative estimate of drug-likeness (QED) is 0.904. The molecule has 0 saturated carbocycles. The van der Waals surface area contributed by atoms with Crippen LogP contribution in [0.25, 0.3) is 0 Å². The molecule has 108 valence electrons. The van der Waals surface area contributed by atoms with Crippen molar-refractivity contribution in [2.24, 2.45) is 4.99 Å². The number of nitrogens with zero attached hydrogens (tertiary/aromatic N) is 2. The molecule has 0 saturated heterocycles. The summed E-state index contributed by atoms with van der Waals surface area (Å²) in [6, 6.07) is 7.53. The van der Waals surface area contributed by atoms with E-state index in [1.807, 2.05) is 13.0 Å². The number of nitriles is 1. The van der Waals surface area contributed by atoms with Gasteiger partial charge in [-0.3, -0.25) is 0 Å². The van der Waals surface area contributed by atoms with Gasteiger partial charge in [-0.15, -0.1) is 0 Å². The van der Waals surface area contributed by atoms with Crippen LogP contribution in [0.2, 0.25) is 0 Å². The van der Waals surface area contributed by atoms with Crippen molar-refractivity contribution in [1.82, 2.24) is 5.32 Å². The number of fused-ring (bicyclic) bond motifs is 1. The Labute approximate surface area is 128 Å². The third kappa shape index (κ3) is 2.52. The molecular formula is C16H17N3OS. The highest BCUT2D eigenvalue weighted by Gasteiger charge is 2.43. The molecule has 1 aromatic carbocycles. The number of ether oxygens (including phenoxy) is 1. The van der Waals surface area contributed by atoms with E-state index in [9.17, 15) is 0 Å². The summed E-state index contributed by atoms with van der Waals surface area (Å²) in [5, 5.41) is 11.9. The van der Waals surface area contributed by atoms with Crippen molar-refractivity contribution in [3.63, 3.8) is 0 Å². The molecule has 0 amide bonds. The minimum absolute atomic E-state index is 0.601. The van der Waals surface area contributed by atoms with Crippen LogP contribution >= 0.6 is 11.8 Å². The minimum Gasteiger partial charge on any atom is -0.451 e. The predicted octanol–water partition coefficient (Wildman–Crippen LogP) is 3.72. The third-order valence-corrected chi connectivity index (χ3v) is 4.66. The minimum atomic E-state index is -0.601. The zero-order valence-corrected chi connectivity index (χ0v) is 13.0. The first kappa shape index (κ1) is 14.0. The Morgan fingerprint density at radius 1 is 1.52 bits per heavy atom. The average Bonchev–Trinajstić information content (AvgIpc) is 2.48. The van der Waals surface area contributed by atoms with E-state index in [0.29, 0.717) is 5.56 Å². The summed E-state index contributed by atoms with van der Waals surface area (Å²) in [7, 11) is 0. The van der Waals surface area contributed by atoms with Crippen molar-refractivity contribution in [2.45, 2.75) is 31.7 Å². The van der Waals surface area contributed by atoms with Gasteiger partial charge >= 0.3 is 0 Å². The highest BCUT2D eigenvalue weighted by atomic mass is 32.2. The summed E-state index contributed by atoms with van der Waals surface area (Å²) in [5.74, 6) is 1.62. The first-order chi connectivity index (χ1) is 10.2. The van der Waals surface area contributed by atoms with Crippen molar-refractivity contribution in [2.75, 3.05) is 5.75 Å². The first-order valence-corrected chi connectivity index (χ1v) is 8.05. The maximum Gasteiger partial charge on any atom is 0.269 e. The third-order valence-electron chi connectivity index (χ3n) is 3.50. The van der Waals surface area contributed by atoms with Gasteiger partial charge in [0.05, 0.1) is 17.3 Å². The molecule has 2 aliphatic heterocycles. The maximum atomic E-state index is 9.02. The summed E-state index contributed by atoms with van der Waals surface area (Å²) in [6.07, 6.45) is 4.02. The van der Waals surface area contributed by atoms with Crippen molar-refractivity contribution in [1.29, 1.82) is 5.26 Å². The van der Waals surface area contributed by atoms with Crippen LogP contribution in [0.15, 0.2) is 35.0 Å². The zero-order chi connectivity index (χ0) is 14.9. The Balaban J connectivity index is 2.06. The lowest BCUT2D eigenvalue weighted by atomic mass is 10.1. The van der Waals surface area contributed by atoms with Gasteiger partial charge in [0.25, 0.3) is 5.06 Å². The van der Waals surface area contributed by atoms with E-state index in [1.165, 1.54) is 0 Å². The maximum absolute atomic E-state index is 9.02. The second kappa shape index (κ2) is 5.45. The molecule has 4 nitrogen and oxygen atoms in total. The Hall–Kier alpha value is -1.93. The van der Waals surface area contributed by atoms with E-state index in [1.54, 1.807) is 23.9 Å². The van der Waals surface area contributed by atoms with Crippen molar-refractivity contribution in [3.05, 3.63) is 35.5 Å². The molecule has 0 fully saturated rings. The number of hydrogen-bond donors (Lipinski definition) is 1. The molecule has 0 bridgehead atoms. The van der Waals surface area contributed by atoms with E-state index in [0.717, 1.165) is 41.4 Å². The number of thioether (sulfide) groups is 1. The predicted molar refractivity (Wildman–Crippen MR) is 85.9 cm³/mol. The normalized spacial score (nSPS) is 23.3. The average molecular weight is 299 g/mol. The van der Waals surface area contributed by atoms with Gasteiger partial charge in [-0.2, -0.15) is 5.26 Å². The summed E-state index contributed by atoms with van der Waals surface area (Å²) in [6.45, 7) is 4.18. The smallest absolute Gasteiger partial charge is 0.269 e. The van der Waals surface area contributed by atoms with Crippen LogP contribution in [-0.2, 0) is 0 Å². The van der Waals surface area contributed by atoms with Crippen molar-refractivity contribution >= 4 is 23.2 Å². The number of benzene rings is 1. The molecule has 0 aliphatic carbocycles. The highest BCUT2D eigenvalue weighted by Crippen LogP contribution is 2.43. The molecule has 1 spiro atoms. The molecule has 1 atom stereocenters.